The van der Waals surface area contributed by atoms with E-state index >= 15 is 0 Å². The molecule has 2 aliphatic heterocycles. The van der Waals surface area contributed by atoms with E-state index in [1.807, 2.05) is 18.2 Å². The highest BCUT2D eigenvalue weighted by atomic mass is 16.5. The van der Waals surface area contributed by atoms with Gasteiger partial charge in [-0.25, -0.2) is 0 Å². The van der Waals surface area contributed by atoms with Gasteiger partial charge in [0.2, 0.25) is 0 Å². The lowest BCUT2D eigenvalue weighted by molar-refractivity contribution is 0.0195. The van der Waals surface area contributed by atoms with Crippen molar-refractivity contribution in [3.63, 3.8) is 0 Å². The fourth-order valence-corrected chi connectivity index (χ4v) is 3.75. The van der Waals surface area contributed by atoms with Crippen molar-refractivity contribution in [2.24, 2.45) is 4.99 Å². The van der Waals surface area contributed by atoms with Crippen LogP contribution in [0.25, 0.3) is 0 Å². The van der Waals surface area contributed by atoms with Crippen LogP contribution < -0.4 is 10.1 Å². The van der Waals surface area contributed by atoms with Gasteiger partial charge in [-0.3, -0.25) is 9.89 Å². The molecule has 6 nitrogen and oxygen atoms in total. The summed E-state index contributed by atoms with van der Waals surface area (Å²) in [6.45, 7) is 12.6. The van der Waals surface area contributed by atoms with Crippen molar-refractivity contribution in [2.45, 2.75) is 32.7 Å². The molecule has 3 rings (SSSR count). The Morgan fingerprint density at radius 3 is 2.85 bits per heavy atom. The summed E-state index contributed by atoms with van der Waals surface area (Å²) in [5.41, 5.74) is 1.18. The van der Waals surface area contributed by atoms with Crippen molar-refractivity contribution in [3.05, 3.63) is 29.8 Å². The number of likely N-dealkylation sites (tertiary alicyclic amines) is 1. The zero-order valence-corrected chi connectivity index (χ0v) is 16.8. The Kier molecular flexibility index (Phi) is 7.78. The molecule has 0 aliphatic carbocycles. The van der Waals surface area contributed by atoms with Crippen LogP contribution in [0.1, 0.15) is 25.3 Å². The number of para-hydroxylation sites is 1. The molecular formula is C21H34N4O2. The van der Waals surface area contributed by atoms with E-state index in [4.69, 9.17) is 14.5 Å². The van der Waals surface area contributed by atoms with Gasteiger partial charge < -0.3 is 19.7 Å². The van der Waals surface area contributed by atoms with E-state index < -0.39 is 0 Å². The predicted octanol–water partition coefficient (Wildman–Crippen LogP) is 2.14. The summed E-state index contributed by atoms with van der Waals surface area (Å²) < 4.78 is 11.4. The highest BCUT2D eigenvalue weighted by molar-refractivity contribution is 5.80. The van der Waals surface area contributed by atoms with E-state index in [0.29, 0.717) is 12.6 Å². The lowest BCUT2D eigenvalue weighted by atomic mass is 10.2. The average Bonchev–Trinajstić information content (AvgIpc) is 3.19. The van der Waals surface area contributed by atoms with Gasteiger partial charge in [-0.15, -0.1) is 0 Å². The maximum absolute atomic E-state index is 5.88. The number of aliphatic imine (C=N–C) groups is 1. The molecule has 0 spiro atoms. The number of hydrogen-bond donors (Lipinski definition) is 1. The number of guanidine groups is 1. The number of benzene rings is 1. The molecule has 27 heavy (non-hydrogen) atoms. The summed E-state index contributed by atoms with van der Waals surface area (Å²) in [6.07, 6.45) is 2.13. The largest absolute Gasteiger partial charge is 0.493 e. The van der Waals surface area contributed by atoms with Crippen LogP contribution in [0, 0.1) is 6.92 Å². The standard InChI is InChI=1S/C21H34N4O2/c1-3-22-21(23-10-6-14-27-20-8-5-4-7-18(20)2)25-11-9-19(17-25)24-12-15-26-16-13-24/h4-5,7-8,19H,3,6,9-17H2,1-2H3,(H,22,23). The van der Waals surface area contributed by atoms with Gasteiger partial charge in [0, 0.05) is 51.7 Å². The van der Waals surface area contributed by atoms with Crippen molar-refractivity contribution in [1.82, 2.24) is 15.1 Å². The van der Waals surface area contributed by atoms with E-state index in [9.17, 15) is 0 Å². The van der Waals surface area contributed by atoms with Gasteiger partial charge in [-0.1, -0.05) is 18.2 Å². The van der Waals surface area contributed by atoms with Crippen LogP contribution in [-0.4, -0.2) is 80.9 Å². The molecule has 2 heterocycles. The van der Waals surface area contributed by atoms with E-state index in [-0.39, 0.29) is 0 Å². The van der Waals surface area contributed by atoms with Gasteiger partial charge in [-0.2, -0.15) is 0 Å². The van der Waals surface area contributed by atoms with Crippen molar-refractivity contribution < 1.29 is 9.47 Å². The van der Waals surface area contributed by atoms with Gasteiger partial charge in [-0.05, 0) is 31.9 Å². The quantitative estimate of drug-likeness (QED) is 0.450. The van der Waals surface area contributed by atoms with Crippen molar-refractivity contribution in [2.75, 3.05) is 59.1 Å². The molecule has 1 unspecified atom stereocenters. The van der Waals surface area contributed by atoms with E-state index in [1.165, 1.54) is 12.0 Å². The normalized spacial score (nSPS) is 21.5. The minimum atomic E-state index is 0.627. The minimum Gasteiger partial charge on any atom is -0.493 e. The summed E-state index contributed by atoms with van der Waals surface area (Å²) in [5, 5.41) is 3.46. The van der Waals surface area contributed by atoms with Crippen molar-refractivity contribution in [3.8, 4) is 5.75 Å². The van der Waals surface area contributed by atoms with E-state index in [1.54, 1.807) is 0 Å². The Hall–Kier alpha value is -1.79. The maximum Gasteiger partial charge on any atom is 0.193 e. The van der Waals surface area contributed by atoms with Crippen molar-refractivity contribution >= 4 is 5.96 Å². The Morgan fingerprint density at radius 2 is 2.07 bits per heavy atom. The van der Waals surface area contributed by atoms with Crippen LogP contribution >= 0.6 is 0 Å². The highest BCUT2D eigenvalue weighted by Gasteiger charge is 2.30. The summed E-state index contributed by atoms with van der Waals surface area (Å²) >= 11 is 0. The fourth-order valence-electron chi connectivity index (χ4n) is 3.75. The molecule has 1 N–H and O–H groups in total. The molecule has 1 atom stereocenters. The number of morpholine rings is 1. The van der Waals surface area contributed by atoms with Crippen LogP contribution in [0.2, 0.25) is 0 Å². The molecule has 0 saturated carbocycles. The van der Waals surface area contributed by atoms with Crippen LogP contribution in [0.5, 0.6) is 5.75 Å². The number of aryl methyl sites for hydroxylation is 1. The molecule has 2 aliphatic rings. The first kappa shape index (κ1) is 20.0. The summed E-state index contributed by atoms with van der Waals surface area (Å²) in [5.74, 6) is 2.02. The number of rotatable bonds is 7. The monoisotopic (exact) mass is 374 g/mol. The van der Waals surface area contributed by atoms with E-state index in [2.05, 4.69) is 35.0 Å². The zero-order chi connectivity index (χ0) is 18.9. The molecular weight excluding hydrogens is 340 g/mol. The second kappa shape index (κ2) is 10.5. The number of hydrogen-bond acceptors (Lipinski definition) is 4. The third-order valence-electron chi connectivity index (χ3n) is 5.28. The minimum absolute atomic E-state index is 0.627. The third kappa shape index (κ3) is 5.84. The first-order chi connectivity index (χ1) is 13.3. The predicted molar refractivity (Wildman–Crippen MR) is 110 cm³/mol. The second-order valence-electron chi connectivity index (χ2n) is 7.24. The fraction of sp³-hybridized carbons (Fsp3) is 0.667. The van der Waals surface area contributed by atoms with Crippen LogP contribution in [0.3, 0.4) is 0 Å². The number of nitrogens with one attached hydrogen (secondary N) is 1. The molecule has 150 valence electrons. The topological polar surface area (TPSA) is 49.3 Å². The molecule has 1 aromatic carbocycles. The molecule has 2 saturated heterocycles. The lowest BCUT2D eigenvalue weighted by Crippen LogP contribution is -2.46. The Balaban J connectivity index is 1.44. The second-order valence-corrected chi connectivity index (χ2v) is 7.24. The maximum atomic E-state index is 5.88. The van der Waals surface area contributed by atoms with Crippen LogP contribution in [0.15, 0.2) is 29.3 Å². The summed E-state index contributed by atoms with van der Waals surface area (Å²) in [6, 6.07) is 8.78. The van der Waals surface area contributed by atoms with Gasteiger partial charge in [0.1, 0.15) is 5.75 Å². The molecule has 6 heteroatoms. The SMILES string of the molecule is CCNC(=NCCCOc1ccccc1C)N1CCC(N2CCOCC2)C1. The Labute approximate surface area is 163 Å². The molecule has 0 aromatic heterocycles. The van der Waals surface area contributed by atoms with Gasteiger partial charge >= 0.3 is 0 Å². The smallest absolute Gasteiger partial charge is 0.193 e. The molecule has 0 bridgehead atoms. The highest BCUT2D eigenvalue weighted by Crippen LogP contribution is 2.18. The van der Waals surface area contributed by atoms with Crippen LogP contribution in [0.4, 0.5) is 0 Å². The zero-order valence-electron chi connectivity index (χ0n) is 16.8. The summed E-state index contributed by atoms with van der Waals surface area (Å²) in [4.78, 5) is 9.82. The molecule has 2 fully saturated rings. The van der Waals surface area contributed by atoms with Crippen LogP contribution in [-0.2, 0) is 4.74 Å². The molecule has 0 radical (unpaired) electrons. The number of nitrogens with zero attached hydrogens (tertiary/aromatic N) is 3. The molecule has 1 aromatic rings. The first-order valence-electron chi connectivity index (χ1n) is 10.3. The molecule has 0 amide bonds. The van der Waals surface area contributed by atoms with Gasteiger partial charge in [0.25, 0.3) is 0 Å². The van der Waals surface area contributed by atoms with Gasteiger partial charge in [0.05, 0.1) is 19.8 Å². The third-order valence-corrected chi connectivity index (χ3v) is 5.28. The van der Waals surface area contributed by atoms with E-state index in [0.717, 1.165) is 70.6 Å². The summed E-state index contributed by atoms with van der Waals surface area (Å²) in [7, 11) is 0. The van der Waals surface area contributed by atoms with Crippen molar-refractivity contribution in [1.29, 1.82) is 0 Å². The number of ether oxygens (including phenoxy) is 2. The Morgan fingerprint density at radius 1 is 1.26 bits per heavy atom. The average molecular weight is 375 g/mol. The first-order valence-corrected chi connectivity index (χ1v) is 10.3. The lowest BCUT2D eigenvalue weighted by Gasteiger charge is -2.32. The Bertz CT molecular complexity index is 602. The van der Waals surface area contributed by atoms with Gasteiger partial charge in [0.15, 0.2) is 5.96 Å².